The van der Waals surface area contributed by atoms with E-state index in [0.29, 0.717) is 23.2 Å². The van der Waals surface area contributed by atoms with Crippen molar-refractivity contribution in [3.63, 3.8) is 0 Å². The molecule has 7 heteroatoms. The van der Waals surface area contributed by atoms with Crippen molar-refractivity contribution in [3.05, 3.63) is 41.7 Å². The van der Waals surface area contributed by atoms with Crippen molar-refractivity contribution in [1.82, 2.24) is 15.1 Å². The number of hydrogen-bond donors (Lipinski definition) is 2. The Morgan fingerprint density at radius 2 is 2.35 bits per heavy atom. The van der Waals surface area contributed by atoms with Crippen LogP contribution in [-0.2, 0) is 6.54 Å². The van der Waals surface area contributed by atoms with E-state index in [9.17, 15) is 0 Å². The summed E-state index contributed by atoms with van der Waals surface area (Å²) in [6.07, 6.45) is 3.37. The summed E-state index contributed by atoms with van der Waals surface area (Å²) in [6, 6.07) is 7.57. The van der Waals surface area contributed by atoms with E-state index in [4.69, 9.17) is 28.6 Å². The van der Waals surface area contributed by atoms with Crippen LogP contribution in [0.2, 0.25) is 5.02 Å². The highest BCUT2D eigenvalue weighted by Gasteiger charge is 2.00. The molecular weight excluding hydrogens is 296 g/mol. The predicted molar refractivity (Wildman–Crippen MR) is 84.5 cm³/mol. The van der Waals surface area contributed by atoms with Crippen molar-refractivity contribution in [2.75, 3.05) is 19.0 Å². The minimum Gasteiger partial charge on any atom is -0.497 e. The van der Waals surface area contributed by atoms with Crippen molar-refractivity contribution in [2.24, 2.45) is 0 Å². The molecule has 0 fully saturated rings. The summed E-state index contributed by atoms with van der Waals surface area (Å²) >= 11 is 11.0. The number of halogens is 1. The highest BCUT2D eigenvalue weighted by atomic mass is 35.5. The summed E-state index contributed by atoms with van der Waals surface area (Å²) in [7, 11) is 1.63. The molecule has 1 aromatic heterocycles. The van der Waals surface area contributed by atoms with Gasteiger partial charge in [-0.15, -0.1) is 0 Å². The fraction of sp³-hybridized carbons (Fsp3) is 0.231. The number of aromatic nitrogens is 2. The van der Waals surface area contributed by atoms with Crippen LogP contribution in [-0.4, -0.2) is 28.5 Å². The van der Waals surface area contributed by atoms with E-state index in [2.05, 4.69) is 15.7 Å². The molecule has 0 atom stereocenters. The van der Waals surface area contributed by atoms with E-state index in [1.807, 2.05) is 24.3 Å². The van der Waals surface area contributed by atoms with Gasteiger partial charge in [-0.2, -0.15) is 5.10 Å². The molecule has 0 saturated heterocycles. The van der Waals surface area contributed by atoms with Crippen LogP contribution < -0.4 is 15.4 Å². The Hall–Kier alpha value is -1.79. The smallest absolute Gasteiger partial charge is 0.170 e. The third-order valence-corrected chi connectivity index (χ3v) is 3.00. The number of rotatable bonds is 5. The van der Waals surface area contributed by atoms with Crippen LogP contribution >= 0.6 is 23.8 Å². The maximum absolute atomic E-state index is 5.78. The zero-order valence-corrected chi connectivity index (χ0v) is 12.5. The van der Waals surface area contributed by atoms with Crippen molar-refractivity contribution >= 4 is 34.6 Å². The van der Waals surface area contributed by atoms with E-state index in [1.165, 1.54) is 0 Å². The molecule has 0 aliphatic heterocycles. The van der Waals surface area contributed by atoms with E-state index in [-0.39, 0.29) is 0 Å². The minimum atomic E-state index is 0.552. The zero-order chi connectivity index (χ0) is 14.4. The Kier molecular flexibility index (Phi) is 5.20. The molecular formula is C13H15ClN4OS. The van der Waals surface area contributed by atoms with Crippen molar-refractivity contribution in [1.29, 1.82) is 0 Å². The number of benzene rings is 1. The molecule has 2 aromatic rings. The van der Waals surface area contributed by atoms with Crippen molar-refractivity contribution < 1.29 is 4.74 Å². The average molecular weight is 311 g/mol. The van der Waals surface area contributed by atoms with Gasteiger partial charge in [0.1, 0.15) is 5.75 Å². The second-order valence-electron chi connectivity index (χ2n) is 4.03. The summed E-state index contributed by atoms with van der Waals surface area (Å²) in [5.41, 5.74) is 0.879. The first kappa shape index (κ1) is 14.6. The van der Waals surface area contributed by atoms with Gasteiger partial charge in [-0.05, 0) is 24.4 Å². The van der Waals surface area contributed by atoms with E-state index < -0.39 is 0 Å². The van der Waals surface area contributed by atoms with Crippen LogP contribution in [0.25, 0.3) is 0 Å². The molecule has 0 unspecified atom stereocenters. The first-order valence-corrected chi connectivity index (χ1v) is 6.83. The van der Waals surface area contributed by atoms with E-state index >= 15 is 0 Å². The molecule has 106 valence electrons. The van der Waals surface area contributed by atoms with E-state index in [0.717, 1.165) is 11.4 Å². The molecule has 0 amide bonds. The third-order valence-electron chi connectivity index (χ3n) is 2.56. The van der Waals surface area contributed by atoms with E-state index in [1.54, 1.807) is 24.2 Å². The molecule has 2 N–H and O–H groups in total. The largest absolute Gasteiger partial charge is 0.497 e. The van der Waals surface area contributed by atoms with Gasteiger partial charge < -0.3 is 15.4 Å². The number of nitrogens with one attached hydrogen (secondary N) is 2. The Bertz CT molecular complexity index is 587. The summed E-state index contributed by atoms with van der Waals surface area (Å²) in [5, 5.41) is 11.5. The maximum Gasteiger partial charge on any atom is 0.170 e. The lowest BCUT2D eigenvalue weighted by Gasteiger charge is -2.11. The lowest BCUT2D eigenvalue weighted by atomic mass is 10.3. The van der Waals surface area contributed by atoms with Crippen LogP contribution in [0.5, 0.6) is 5.75 Å². The summed E-state index contributed by atoms with van der Waals surface area (Å²) in [4.78, 5) is 0. The van der Waals surface area contributed by atoms with Gasteiger partial charge in [-0.3, -0.25) is 4.68 Å². The highest BCUT2D eigenvalue weighted by Crippen LogP contribution is 2.16. The first-order valence-electron chi connectivity index (χ1n) is 6.04. The van der Waals surface area contributed by atoms with Crippen LogP contribution in [0.15, 0.2) is 36.7 Å². The minimum absolute atomic E-state index is 0.552. The molecule has 5 nitrogen and oxygen atoms in total. The Morgan fingerprint density at radius 3 is 3.05 bits per heavy atom. The van der Waals surface area contributed by atoms with Gasteiger partial charge in [0.15, 0.2) is 5.11 Å². The number of thiocarbonyl (C=S) groups is 1. The molecule has 0 saturated carbocycles. The standard InChI is InChI=1S/C13H15ClN4OS/c1-19-12-4-2-3-11(7-12)17-13(20)15-5-6-18-9-10(14)8-16-18/h2-4,7-9H,5-6H2,1H3,(H2,15,17,20). The summed E-state index contributed by atoms with van der Waals surface area (Å²) < 4.78 is 6.90. The lowest BCUT2D eigenvalue weighted by molar-refractivity contribution is 0.415. The number of ether oxygens (including phenoxy) is 1. The fourth-order valence-corrected chi connectivity index (χ4v) is 2.00. The predicted octanol–water partition coefficient (Wildman–Crippen LogP) is 2.53. The van der Waals surface area contributed by atoms with Gasteiger partial charge >= 0.3 is 0 Å². The molecule has 0 aliphatic carbocycles. The van der Waals surface area contributed by atoms with Gasteiger partial charge in [0, 0.05) is 24.5 Å². The molecule has 0 aliphatic rings. The second-order valence-corrected chi connectivity index (χ2v) is 4.88. The normalized spacial score (nSPS) is 10.1. The summed E-state index contributed by atoms with van der Waals surface area (Å²) in [6.45, 7) is 1.35. The van der Waals surface area contributed by atoms with Crippen LogP contribution in [0.1, 0.15) is 0 Å². The van der Waals surface area contributed by atoms with Crippen LogP contribution in [0, 0.1) is 0 Å². The second kappa shape index (κ2) is 7.12. The number of hydrogen-bond acceptors (Lipinski definition) is 3. The van der Waals surface area contributed by atoms with Crippen LogP contribution in [0.4, 0.5) is 5.69 Å². The molecule has 0 bridgehead atoms. The topological polar surface area (TPSA) is 51.1 Å². The van der Waals surface area contributed by atoms with Gasteiger partial charge in [-0.25, -0.2) is 0 Å². The number of methoxy groups -OCH3 is 1. The highest BCUT2D eigenvalue weighted by molar-refractivity contribution is 7.80. The SMILES string of the molecule is COc1cccc(NC(=S)NCCn2cc(Cl)cn2)c1. The van der Waals surface area contributed by atoms with Gasteiger partial charge in [0.2, 0.25) is 0 Å². The maximum atomic E-state index is 5.78. The average Bonchev–Trinajstić information content (AvgIpc) is 2.84. The lowest BCUT2D eigenvalue weighted by Crippen LogP contribution is -2.31. The molecule has 0 spiro atoms. The van der Waals surface area contributed by atoms with Gasteiger partial charge in [0.05, 0.1) is 24.9 Å². The Labute approximate surface area is 127 Å². The molecule has 1 heterocycles. The Balaban J connectivity index is 1.77. The molecule has 0 radical (unpaired) electrons. The quantitative estimate of drug-likeness (QED) is 0.831. The van der Waals surface area contributed by atoms with Gasteiger partial charge in [0.25, 0.3) is 0 Å². The number of nitrogens with zero attached hydrogens (tertiary/aromatic N) is 2. The number of anilines is 1. The van der Waals surface area contributed by atoms with Crippen LogP contribution in [0.3, 0.4) is 0 Å². The monoisotopic (exact) mass is 310 g/mol. The Morgan fingerprint density at radius 1 is 1.50 bits per heavy atom. The zero-order valence-electron chi connectivity index (χ0n) is 11.0. The molecule has 1 aromatic carbocycles. The fourth-order valence-electron chi connectivity index (χ4n) is 1.62. The van der Waals surface area contributed by atoms with Crippen molar-refractivity contribution in [2.45, 2.75) is 6.54 Å². The third kappa shape index (κ3) is 4.40. The molecule has 20 heavy (non-hydrogen) atoms. The molecule has 2 rings (SSSR count). The van der Waals surface area contributed by atoms with Crippen molar-refractivity contribution in [3.8, 4) is 5.75 Å². The summed E-state index contributed by atoms with van der Waals surface area (Å²) in [5.74, 6) is 0.781. The first-order chi connectivity index (χ1) is 9.67. The van der Waals surface area contributed by atoms with Gasteiger partial charge in [-0.1, -0.05) is 17.7 Å².